The van der Waals surface area contributed by atoms with Crippen molar-refractivity contribution in [2.24, 2.45) is 0 Å². The van der Waals surface area contributed by atoms with Gasteiger partial charge in [0, 0.05) is 4.88 Å². The fourth-order valence-corrected chi connectivity index (χ4v) is 2.18. The van der Waals surface area contributed by atoms with Gasteiger partial charge < -0.3 is 9.84 Å². The van der Waals surface area contributed by atoms with Crippen LogP contribution in [0.4, 0.5) is 0 Å². The van der Waals surface area contributed by atoms with Crippen molar-refractivity contribution in [1.82, 2.24) is 4.98 Å². The Hall–Kier alpha value is -1.43. The molecule has 0 atom stereocenters. The highest BCUT2D eigenvalue weighted by Crippen LogP contribution is 2.31. The van der Waals surface area contributed by atoms with Crippen LogP contribution in [0.2, 0.25) is 0 Å². The van der Waals surface area contributed by atoms with Gasteiger partial charge in [0.2, 0.25) is 5.01 Å². The number of ether oxygens (including phenoxy) is 1. The summed E-state index contributed by atoms with van der Waals surface area (Å²) in [5.74, 6) is -1.74. The number of esters is 1. The maximum Gasteiger partial charge on any atom is 0.367 e. The van der Waals surface area contributed by atoms with E-state index >= 15 is 0 Å². The summed E-state index contributed by atoms with van der Waals surface area (Å²) in [7, 11) is 1.24. The molecule has 88 valence electrons. The zero-order chi connectivity index (χ0) is 12.5. The van der Waals surface area contributed by atoms with E-state index in [1.54, 1.807) is 0 Å². The number of carbonyl (C=O) groups is 2. The lowest BCUT2D eigenvalue weighted by molar-refractivity contribution is 0.0600. The molecule has 0 aromatic carbocycles. The molecule has 1 aromatic heterocycles. The van der Waals surface area contributed by atoms with Gasteiger partial charge in [-0.05, 0) is 5.41 Å². The van der Waals surface area contributed by atoms with Gasteiger partial charge in [-0.2, -0.15) is 0 Å². The lowest BCUT2D eigenvalue weighted by atomic mass is 9.93. The molecule has 5 nitrogen and oxygen atoms in total. The first-order chi connectivity index (χ1) is 7.27. The largest absolute Gasteiger partial charge is 0.476 e. The molecule has 0 aliphatic heterocycles. The molecule has 1 N–H and O–H groups in total. The molecular formula is C10H13NO4S. The Kier molecular flexibility index (Phi) is 3.32. The van der Waals surface area contributed by atoms with Gasteiger partial charge in [0.05, 0.1) is 7.11 Å². The average Bonchev–Trinajstić information content (AvgIpc) is 2.60. The van der Waals surface area contributed by atoms with Crippen LogP contribution in [-0.4, -0.2) is 29.1 Å². The Morgan fingerprint density at radius 2 is 1.94 bits per heavy atom. The summed E-state index contributed by atoms with van der Waals surface area (Å²) in [6.45, 7) is 5.61. The standard InChI is InChI=1S/C10H13NO4S/c1-10(2,3)6-5(8(12)13)11-7(16-6)9(14)15-4/h1-4H3,(H,12,13). The molecule has 0 saturated carbocycles. The number of hydrogen-bond donors (Lipinski definition) is 1. The zero-order valence-electron chi connectivity index (χ0n) is 9.53. The van der Waals surface area contributed by atoms with Crippen LogP contribution in [0.15, 0.2) is 0 Å². The lowest BCUT2D eigenvalue weighted by Crippen LogP contribution is -2.14. The third kappa shape index (κ3) is 2.38. The first-order valence-electron chi connectivity index (χ1n) is 4.60. The fraction of sp³-hybridized carbons (Fsp3) is 0.500. The molecule has 0 bridgehead atoms. The topological polar surface area (TPSA) is 76.5 Å². The number of thiazole rings is 1. The Bertz CT molecular complexity index is 431. The van der Waals surface area contributed by atoms with E-state index in [4.69, 9.17) is 5.11 Å². The van der Waals surface area contributed by atoms with Crippen molar-refractivity contribution >= 4 is 23.3 Å². The minimum atomic E-state index is -1.13. The number of nitrogens with zero attached hydrogens (tertiary/aromatic N) is 1. The van der Waals surface area contributed by atoms with E-state index in [2.05, 4.69) is 9.72 Å². The lowest BCUT2D eigenvalue weighted by Gasteiger charge is -2.16. The Balaban J connectivity index is 3.32. The molecule has 0 spiro atoms. The summed E-state index contributed by atoms with van der Waals surface area (Å²) < 4.78 is 4.51. The number of carboxylic acid groups (broad SMARTS) is 1. The van der Waals surface area contributed by atoms with Crippen molar-refractivity contribution in [1.29, 1.82) is 0 Å². The molecule has 1 heterocycles. The van der Waals surface area contributed by atoms with E-state index in [-0.39, 0.29) is 16.1 Å². The van der Waals surface area contributed by atoms with E-state index in [0.717, 1.165) is 11.3 Å². The van der Waals surface area contributed by atoms with Crippen molar-refractivity contribution in [3.05, 3.63) is 15.6 Å². The van der Waals surface area contributed by atoms with Crippen molar-refractivity contribution in [3.63, 3.8) is 0 Å². The SMILES string of the molecule is COC(=O)c1nc(C(=O)O)c(C(C)(C)C)s1. The number of aromatic carboxylic acids is 1. The van der Waals surface area contributed by atoms with Crippen molar-refractivity contribution < 1.29 is 19.4 Å². The highest BCUT2D eigenvalue weighted by atomic mass is 32.1. The molecule has 0 aliphatic rings. The summed E-state index contributed by atoms with van der Waals surface area (Å²) in [6.07, 6.45) is 0. The smallest absolute Gasteiger partial charge is 0.367 e. The van der Waals surface area contributed by atoms with E-state index in [9.17, 15) is 9.59 Å². The Morgan fingerprint density at radius 3 is 2.25 bits per heavy atom. The minimum absolute atomic E-state index is 0.0714. The van der Waals surface area contributed by atoms with Gasteiger partial charge in [-0.3, -0.25) is 0 Å². The number of carbonyl (C=O) groups excluding carboxylic acids is 1. The van der Waals surface area contributed by atoms with Crippen LogP contribution < -0.4 is 0 Å². The van der Waals surface area contributed by atoms with E-state index in [1.807, 2.05) is 20.8 Å². The molecule has 0 unspecified atom stereocenters. The molecule has 0 aliphatic carbocycles. The van der Waals surface area contributed by atoms with Crippen molar-refractivity contribution in [2.75, 3.05) is 7.11 Å². The fourth-order valence-electron chi connectivity index (χ4n) is 1.15. The second-order valence-electron chi connectivity index (χ2n) is 4.24. The first-order valence-corrected chi connectivity index (χ1v) is 5.42. The molecule has 1 rings (SSSR count). The number of aromatic nitrogens is 1. The molecular weight excluding hydrogens is 230 g/mol. The van der Waals surface area contributed by atoms with Crippen LogP contribution >= 0.6 is 11.3 Å². The monoisotopic (exact) mass is 243 g/mol. The van der Waals surface area contributed by atoms with Crippen molar-refractivity contribution in [3.8, 4) is 0 Å². The van der Waals surface area contributed by atoms with E-state index < -0.39 is 11.9 Å². The first kappa shape index (κ1) is 12.6. The van der Waals surface area contributed by atoms with E-state index in [1.165, 1.54) is 7.11 Å². The van der Waals surface area contributed by atoms with Crippen LogP contribution in [0.3, 0.4) is 0 Å². The normalized spacial score (nSPS) is 11.2. The molecule has 0 saturated heterocycles. The average molecular weight is 243 g/mol. The van der Waals surface area contributed by atoms with Crippen LogP contribution in [-0.2, 0) is 10.2 Å². The Morgan fingerprint density at radius 1 is 1.38 bits per heavy atom. The number of carboxylic acids is 1. The highest BCUT2D eigenvalue weighted by molar-refractivity contribution is 7.14. The molecule has 0 fully saturated rings. The molecule has 6 heteroatoms. The molecule has 1 aromatic rings. The second kappa shape index (κ2) is 4.21. The summed E-state index contributed by atoms with van der Waals surface area (Å²) in [6, 6.07) is 0. The van der Waals surface area contributed by atoms with Crippen molar-refractivity contribution in [2.45, 2.75) is 26.2 Å². The maximum atomic E-state index is 11.3. The molecule has 0 amide bonds. The van der Waals surface area contributed by atoms with Crippen LogP contribution in [0, 0.1) is 0 Å². The van der Waals surface area contributed by atoms with Gasteiger partial charge in [-0.25, -0.2) is 14.6 Å². The number of methoxy groups -OCH3 is 1. The number of hydrogen-bond acceptors (Lipinski definition) is 5. The highest BCUT2D eigenvalue weighted by Gasteiger charge is 2.28. The van der Waals surface area contributed by atoms with E-state index in [0.29, 0.717) is 4.88 Å². The second-order valence-corrected chi connectivity index (χ2v) is 5.24. The number of rotatable bonds is 2. The van der Waals surface area contributed by atoms with Crippen LogP contribution in [0.5, 0.6) is 0 Å². The summed E-state index contributed by atoms with van der Waals surface area (Å²) in [5.41, 5.74) is -0.435. The summed E-state index contributed by atoms with van der Waals surface area (Å²) in [5, 5.41) is 9.06. The Labute approximate surface area is 97.1 Å². The maximum absolute atomic E-state index is 11.3. The molecule has 16 heavy (non-hydrogen) atoms. The van der Waals surface area contributed by atoms with Gasteiger partial charge in [-0.1, -0.05) is 20.8 Å². The van der Waals surface area contributed by atoms with Crippen LogP contribution in [0.25, 0.3) is 0 Å². The van der Waals surface area contributed by atoms with Gasteiger partial charge >= 0.3 is 11.9 Å². The van der Waals surface area contributed by atoms with Gasteiger partial charge in [-0.15, -0.1) is 11.3 Å². The van der Waals surface area contributed by atoms with Gasteiger partial charge in [0.1, 0.15) is 0 Å². The summed E-state index contributed by atoms with van der Waals surface area (Å²) in [4.78, 5) is 26.6. The minimum Gasteiger partial charge on any atom is -0.476 e. The predicted octanol–water partition coefficient (Wildman–Crippen LogP) is 1.93. The predicted molar refractivity (Wildman–Crippen MR) is 59.1 cm³/mol. The third-order valence-corrected chi connectivity index (χ3v) is 3.33. The third-order valence-electron chi connectivity index (χ3n) is 1.87. The van der Waals surface area contributed by atoms with Gasteiger partial charge in [0.25, 0.3) is 0 Å². The zero-order valence-corrected chi connectivity index (χ0v) is 10.3. The van der Waals surface area contributed by atoms with Crippen LogP contribution in [0.1, 0.15) is 45.9 Å². The quantitative estimate of drug-likeness (QED) is 0.803. The van der Waals surface area contributed by atoms with Gasteiger partial charge in [0.15, 0.2) is 5.69 Å². The summed E-state index contributed by atoms with van der Waals surface area (Å²) >= 11 is 1.06. The molecule has 0 radical (unpaired) electrons.